The molecule has 0 unspecified atom stereocenters. The number of hydrogen-bond acceptors (Lipinski definition) is 4. The molecule has 0 saturated carbocycles. The van der Waals surface area contributed by atoms with Crippen LogP contribution in [0.5, 0.6) is 0 Å². The molecule has 6 nitrogen and oxygen atoms in total. The number of rotatable bonds is 5. The van der Waals surface area contributed by atoms with Crippen molar-refractivity contribution in [1.82, 2.24) is 4.31 Å². The van der Waals surface area contributed by atoms with E-state index in [2.05, 4.69) is 5.32 Å². The topological polar surface area (TPSA) is 69.7 Å². The van der Waals surface area contributed by atoms with E-state index in [1.165, 1.54) is 22.5 Å². The van der Waals surface area contributed by atoms with Crippen molar-refractivity contribution < 1.29 is 30.8 Å². The number of nitrogens with one attached hydrogen (secondary N) is 1. The zero-order chi connectivity index (χ0) is 23.7. The summed E-state index contributed by atoms with van der Waals surface area (Å²) in [5.74, 6) is -1.57. The molecular formula is C21H23F4N3O3S. The van der Waals surface area contributed by atoms with Gasteiger partial charge in [0.1, 0.15) is 5.82 Å². The molecule has 3 rings (SSSR count). The highest BCUT2D eigenvalue weighted by atomic mass is 32.2. The van der Waals surface area contributed by atoms with E-state index >= 15 is 0 Å². The molecule has 1 amide bonds. The fourth-order valence-electron chi connectivity index (χ4n) is 3.55. The largest absolute Gasteiger partial charge is 0.416 e. The molecule has 0 atom stereocenters. The second-order valence-electron chi connectivity index (χ2n) is 7.75. The molecule has 174 valence electrons. The van der Waals surface area contributed by atoms with Gasteiger partial charge in [-0.2, -0.15) is 17.5 Å². The Labute approximate surface area is 183 Å². The number of piperidine rings is 1. The van der Waals surface area contributed by atoms with E-state index in [9.17, 15) is 30.8 Å². The van der Waals surface area contributed by atoms with Gasteiger partial charge in [-0.15, -0.1) is 0 Å². The van der Waals surface area contributed by atoms with Crippen LogP contribution in [-0.4, -0.2) is 45.8 Å². The molecule has 2 aromatic rings. The van der Waals surface area contributed by atoms with Crippen molar-refractivity contribution in [2.45, 2.75) is 23.9 Å². The first-order valence-electron chi connectivity index (χ1n) is 9.85. The lowest BCUT2D eigenvalue weighted by Gasteiger charge is -2.31. The molecule has 2 aromatic carbocycles. The Balaban J connectivity index is 1.70. The van der Waals surface area contributed by atoms with Gasteiger partial charge < -0.3 is 10.2 Å². The molecule has 1 aliphatic rings. The average molecular weight is 473 g/mol. The lowest BCUT2D eigenvalue weighted by molar-refractivity contribution is -0.137. The third kappa shape index (κ3) is 5.21. The maximum Gasteiger partial charge on any atom is 0.416 e. The van der Waals surface area contributed by atoms with Crippen molar-refractivity contribution in [3.05, 3.63) is 53.8 Å². The molecule has 0 aliphatic carbocycles. The summed E-state index contributed by atoms with van der Waals surface area (Å²) >= 11 is 0. The highest BCUT2D eigenvalue weighted by Gasteiger charge is 2.34. The van der Waals surface area contributed by atoms with Crippen LogP contribution in [0.25, 0.3) is 0 Å². The lowest BCUT2D eigenvalue weighted by Crippen LogP contribution is -2.41. The van der Waals surface area contributed by atoms with Gasteiger partial charge in [-0.25, -0.2) is 12.8 Å². The van der Waals surface area contributed by atoms with Crippen molar-refractivity contribution in [3.63, 3.8) is 0 Å². The van der Waals surface area contributed by atoms with Gasteiger partial charge in [0, 0.05) is 33.1 Å². The Hall–Kier alpha value is -2.66. The Morgan fingerprint density at radius 2 is 1.66 bits per heavy atom. The fourth-order valence-corrected chi connectivity index (χ4v) is 5.02. The van der Waals surface area contributed by atoms with E-state index in [4.69, 9.17) is 0 Å². The van der Waals surface area contributed by atoms with Crippen LogP contribution < -0.4 is 10.2 Å². The molecule has 1 heterocycles. The predicted molar refractivity (Wildman–Crippen MR) is 112 cm³/mol. The highest BCUT2D eigenvalue weighted by Crippen LogP contribution is 2.35. The van der Waals surface area contributed by atoms with Crippen LogP contribution in [0.15, 0.2) is 47.4 Å². The third-order valence-corrected chi connectivity index (χ3v) is 7.25. The van der Waals surface area contributed by atoms with Crippen molar-refractivity contribution in [2.24, 2.45) is 5.92 Å². The fraction of sp³-hybridized carbons (Fsp3) is 0.381. The van der Waals surface area contributed by atoms with E-state index in [1.807, 2.05) is 0 Å². The van der Waals surface area contributed by atoms with Gasteiger partial charge in [-0.05, 0) is 55.3 Å². The number of benzene rings is 2. The van der Waals surface area contributed by atoms with Crippen molar-refractivity contribution in [3.8, 4) is 0 Å². The molecule has 1 fully saturated rings. The van der Waals surface area contributed by atoms with Crippen LogP contribution in [0.3, 0.4) is 0 Å². The van der Waals surface area contributed by atoms with Crippen molar-refractivity contribution in [1.29, 1.82) is 0 Å². The first-order valence-corrected chi connectivity index (χ1v) is 11.3. The number of hydrogen-bond donors (Lipinski definition) is 1. The molecular weight excluding hydrogens is 450 g/mol. The molecule has 1 N–H and O–H groups in total. The second-order valence-corrected chi connectivity index (χ2v) is 9.68. The number of carbonyl (C=O) groups is 1. The van der Waals surface area contributed by atoms with Crippen molar-refractivity contribution >= 4 is 27.3 Å². The summed E-state index contributed by atoms with van der Waals surface area (Å²) in [5.41, 5.74) is -0.419. The van der Waals surface area contributed by atoms with E-state index in [0.29, 0.717) is 5.69 Å². The van der Waals surface area contributed by atoms with E-state index in [0.717, 1.165) is 24.3 Å². The quantitative estimate of drug-likeness (QED) is 0.668. The van der Waals surface area contributed by atoms with E-state index in [-0.39, 0.29) is 36.5 Å². The molecule has 1 aliphatic heterocycles. The Morgan fingerprint density at radius 3 is 2.19 bits per heavy atom. The lowest BCUT2D eigenvalue weighted by atomic mass is 9.97. The minimum absolute atomic E-state index is 0.0381. The summed E-state index contributed by atoms with van der Waals surface area (Å²) in [6, 6.07) is 7.61. The number of carbonyl (C=O) groups excluding carboxylic acids is 1. The molecule has 0 bridgehead atoms. The summed E-state index contributed by atoms with van der Waals surface area (Å²) < 4.78 is 79.0. The number of anilines is 2. The highest BCUT2D eigenvalue weighted by molar-refractivity contribution is 7.89. The Kier molecular flexibility index (Phi) is 6.80. The van der Waals surface area contributed by atoms with Crippen LogP contribution in [0.4, 0.5) is 28.9 Å². The normalized spacial score (nSPS) is 16.1. The Morgan fingerprint density at radius 1 is 1.06 bits per heavy atom. The molecule has 11 heteroatoms. The number of sulfonamides is 1. The van der Waals surface area contributed by atoms with E-state index in [1.54, 1.807) is 19.0 Å². The first kappa shape index (κ1) is 24.0. The zero-order valence-corrected chi connectivity index (χ0v) is 18.3. The van der Waals surface area contributed by atoms with Gasteiger partial charge in [0.05, 0.1) is 21.8 Å². The van der Waals surface area contributed by atoms with Crippen LogP contribution in [0.2, 0.25) is 0 Å². The Bertz CT molecular complexity index is 1080. The molecule has 0 radical (unpaired) electrons. The maximum absolute atomic E-state index is 13.1. The monoisotopic (exact) mass is 473 g/mol. The van der Waals surface area contributed by atoms with Crippen LogP contribution in [-0.2, 0) is 21.0 Å². The molecule has 1 saturated heterocycles. The average Bonchev–Trinajstić information content (AvgIpc) is 2.73. The van der Waals surface area contributed by atoms with Crippen LogP contribution in [0.1, 0.15) is 18.4 Å². The SMILES string of the molecule is CN(C)c1ccc(C(F)(F)F)cc1NC(=O)C1CCN(S(=O)(=O)c2ccc(F)cc2)CC1. The van der Waals surface area contributed by atoms with Gasteiger partial charge in [-0.3, -0.25) is 4.79 Å². The predicted octanol–water partition coefficient (Wildman–Crippen LogP) is 3.95. The summed E-state index contributed by atoms with van der Waals surface area (Å²) in [7, 11) is -0.524. The summed E-state index contributed by atoms with van der Waals surface area (Å²) in [6.07, 6.45) is -4.13. The summed E-state index contributed by atoms with van der Waals surface area (Å²) in [6.45, 7) is 0.141. The van der Waals surface area contributed by atoms with E-state index < -0.39 is 39.4 Å². The van der Waals surface area contributed by atoms with Gasteiger partial charge >= 0.3 is 6.18 Å². The smallest absolute Gasteiger partial charge is 0.376 e. The van der Waals surface area contributed by atoms with Crippen LogP contribution >= 0.6 is 0 Å². The summed E-state index contributed by atoms with van der Waals surface area (Å²) in [5, 5.41) is 2.58. The minimum atomic E-state index is -4.55. The van der Waals surface area contributed by atoms with Crippen LogP contribution in [0, 0.1) is 11.7 Å². The minimum Gasteiger partial charge on any atom is -0.376 e. The van der Waals surface area contributed by atoms with Crippen molar-refractivity contribution in [2.75, 3.05) is 37.4 Å². The van der Waals surface area contributed by atoms with Gasteiger partial charge in [-0.1, -0.05) is 0 Å². The molecule has 32 heavy (non-hydrogen) atoms. The number of nitrogens with zero attached hydrogens (tertiary/aromatic N) is 2. The third-order valence-electron chi connectivity index (χ3n) is 5.34. The zero-order valence-electron chi connectivity index (χ0n) is 17.5. The standard InChI is InChI=1S/C21H23F4N3O3S/c1-27(2)19-8-3-15(21(23,24)25)13-18(19)26-20(29)14-9-11-28(12-10-14)32(30,31)17-6-4-16(22)5-7-17/h3-8,13-14H,9-12H2,1-2H3,(H,26,29). The molecule has 0 aromatic heterocycles. The number of halogens is 4. The number of amides is 1. The summed E-state index contributed by atoms with van der Waals surface area (Å²) in [4.78, 5) is 14.3. The number of alkyl halides is 3. The van der Waals surface area contributed by atoms with Gasteiger partial charge in [0.15, 0.2) is 0 Å². The first-order chi connectivity index (χ1) is 14.9. The van der Waals surface area contributed by atoms with Gasteiger partial charge in [0.2, 0.25) is 15.9 Å². The maximum atomic E-state index is 13.1. The second kappa shape index (κ2) is 9.07. The molecule has 0 spiro atoms. The van der Waals surface area contributed by atoms with Gasteiger partial charge in [0.25, 0.3) is 0 Å².